The summed E-state index contributed by atoms with van der Waals surface area (Å²) in [5.74, 6) is 0.660. The summed E-state index contributed by atoms with van der Waals surface area (Å²) in [7, 11) is 1.80. The van der Waals surface area contributed by atoms with Crippen LogP contribution >= 0.6 is 15.9 Å². The summed E-state index contributed by atoms with van der Waals surface area (Å²) in [5.41, 5.74) is 1.18. The van der Waals surface area contributed by atoms with Crippen molar-refractivity contribution in [3.63, 3.8) is 0 Å². The lowest BCUT2D eigenvalue weighted by Crippen LogP contribution is -2.10. The summed E-state index contributed by atoms with van der Waals surface area (Å²) >= 11 is 3.45. The van der Waals surface area contributed by atoms with Crippen molar-refractivity contribution < 1.29 is 0 Å². The molecule has 1 heterocycles. The second-order valence-electron chi connectivity index (χ2n) is 3.55. The van der Waals surface area contributed by atoms with Gasteiger partial charge in [-0.05, 0) is 35.0 Å². The van der Waals surface area contributed by atoms with E-state index in [0.717, 1.165) is 4.47 Å². The van der Waals surface area contributed by atoms with Crippen molar-refractivity contribution in [3.8, 4) is 0 Å². The van der Waals surface area contributed by atoms with Crippen LogP contribution in [0, 0.1) is 0 Å². The Balaban J connectivity index is 2.14. The van der Waals surface area contributed by atoms with Gasteiger partial charge >= 0.3 is 0 Å². The van der Waals surface area contributed by atoms with Gasteiger partial charge in [0, 0.05) is 11.5 Å². The maximum absolute atomic E-state index is 3.88. The molecule has 0 saturated carbocycles. The first kappa shape index (κ1) is 11.1. The Kier molecular flexibility index (Phi) is 3.19. The fourth-order valence-corrected chi connectivity index (χ4v) is 1.82. The van der Waals surface area contributed by atoms with Gasteiger partial charge in [0.05, 0.1) is 6.04 Å². The first-order valence-electron chi connectivity index (χ1n) is 4.91. The van der Waals surface area contributed by atoms with E-state index in [1.54, 1.807) is 11.7 Å². The predicted molar refractivity (Wildman–Crippen MR) is 65.0 cm³/mol. The van der Waals surface area contributed by atoms with Gasteiger partial charge in [0.25, 0.3) is 0 Å². The maximum Gasteiger partial charge on any atom is 0.243 e. The summed E-state index contributed by atoms with van der Waals surface area (Å²) in [6.07, 6.45) is 0. The van der Waals surface area contributed by atoms with Crippen molar-refractivity contribution in [1.29, 1.82) is 0 Å². The van der Waals surface area contributed by atoms with Gasteiger partial charge in [-0.1, -0.05) is 33.2 Å². The number of nitrogens with one attached hydrogen (secondary N) is 1. The third-order valence-electron chi connectivity index (χ3n) is 2.31. The quantitative estimate of drug-likeness (QED) is 0.937. The molecule has 1 N–H and O–H groups in total. The molecule has 1 aromatic carbocycles. The number of benzene rings is 1. The smallest absolute Gasteiger partial charge is 0.243 e. The number of hydrogen-bond donors (Lipinski definition) is 1. The highest BCUT2D eigenvalue weighted by Crippen LogP contribution is 2.20. The summed E-state index contributed by atoms with van der Waals surface area (Å²) in [5, 5.41) is 14.5. The van der Waals surface area contributed by atoms with E-state index >= 15 is 0 Å². The molecule has 2 rings (SSSR count). The van der Waals surface area contributed by atoms with Crippen LogP contribution in [0.5, 0.6) is 0 Å². The lowest BCUT2D eigenvalue weighted by molar-refractivity contribution is 0.706. The largest absolute Gasteiger partial charge is 0.347 e. The van der Waals surface area contributed by atoms with Crippen molar-refractivity contribution in [1.82, 2.24) is 20.2 Å². The Labute approximate surface area is 102 Å². The molecule has 84 valence electrons. The van der Waals surface area contributed by atoms with Crippen LogP contribution in [0.15, 0.2) is 28.7 Å². The summed E-state index contributed by atoms with van der Waals surface area (Å²) < 4.78 is 2.67. The Morgan fingerprint density at radius 1 is 1.44 bits per heavy atom. The second-order valence-corrected chi connectivity index (χ2v) is 4.46. The zero-order valence-corrected chi connectivity index (χ0v) is 10.6. The Morgan fingerprint density at radius 2 is 2.25 bits per heavy atom. The number of aryl methyl sites for hydroxylation is 1. The molecule has 5 nitrogen and oxygen atoms in total. The molecule has 0 amide bonds. The number of halogens is 1. The number of rotatable bonds is 3. The van der Waals surface area contributed by atoms with Crippen LogP contribution in [0.4, 0.5) is 5.95 Å². The van der Waals surface area contributed by atoms with E-state index in [1.165, 1.54) is 5.56 Å². The average molecular weight is 282 g/mol. The van der Waals surface area contributed by atoms with Gasteiger partial charge in [0.15, 0.2) is 0 Å². The summed E-state index contributed by atoms with van der Waals surface area (Å²) in [4.78, 5) is 0. The average Bonchev–Trinajstić information content (AvgIpc) is 2.64. The minimum atomic E-state index is 0.155. The predicted octanol–water partition coefficient (Wildman–Crippen LogP) is 2.15. The molecule has 16 heavy (non-hydrogen) atoms. The van der Waals surface area contributed by atoms with Gasteiger partial charge in [0.2, 0.25) is 5.95 Å². The van der Waals surface area contributed by atoms with Crippen LogP contribution in [0.2, 0.25) is 0 Å². The van der Waals surface area contributed by atoms with Crippen LogP contribution in [-0.4, -0.2) is 20.2 Å². The highest BCUT2D eigenvalue weighted by Gasteiger charge is 2.09. The van der Waals surface area contributed by atoms with Crippen molar-refractivity contribution in [2.75, 3.05) is 5.32 Å². The van der Waals surface area contributed by atoms with Gasteiger partial charge < -0.3 is 5.32 Å². The number of tetrazole rings is 1. The monoisotopic (exact) mass is 281 g/mol. The van der Waals surface area contributed by atoms with Gasteiger partial charge in [-0.25, -0.2) is 4.68 Å². The molecule has 0 aliphatic heterocycles. The minimum Gasteiger partial charge on any atom is -0.347 e. The molecular formula is C10H12BrN5. The van der Waals surface area contributed by atoms with E-state index in [0.29, 0.717) is 5.95 Å². The highest BCUT2D eigenvalue weighted by atomic mass is 79.9. The number of aromatic nitrogens is 4. The first-order chi connectivity index (χ1) is 7.66. The molecule has 0 fully saturated rings. The standard InChI is InChI=1S/C10H12BrN5/c1-7(8-4-3-5-9(11)6-8)12-10-13-14-15-16(10)2/h3-7H,1-2H3,(H,12,13,15). The van der Waals surface area contributed by atoms with Crippen LogP contribution in [0.1, 0.15) is 18.5 Å². The minimum absolute atomic E-state index is 0.155. The van der Waals surface area contributed by atoms with Gasteiger partial charge in [-0.3, -0.25) is 0 Å². The van der Waals surface area contributed by atoms with E-state index in [1.807, 2.05) is 12.1 Å². The Bertz CT molecular complexity index is 482. The van der Waals surface area contributed by atoms with Crippen molar-refractivity contribution >= 4 is 21.9 Å². The molecule has 1 aromatic heterocycles. The lowest BCUT2D eigenvalue weighted by atomic mass is 10.1. The van der Waals surface area contributed by atoms with Crippen molar-refractivity contribution in [2.45, 2.75) is 13.0 Å². The van der Waals surface area contributed by atoms with E-state index in [-0.39, 0.29) is 6.04 Å². The normalized spacial score (nSPS) is 12.4. The van der Waals surface area contributed by atoms with Gasteiger partial charge in [-0.15, -0.1) is 0 Å². The first-order valence-corrected chi connectivity index (χ1v) is 5.70. The molecule has 0 spiro atoms. The highest BCUT2D eigenvalue weighted by molar-refractivity contribution is 9.10. The van der Waals surface area contributed by atoms with E-state index in [4.69, 9.17) is 0 Å². The van der Waals surface area contributed by atoms with Crippen molar-refractivity contribution in [2.24, 2.45) is 7.05 Å². The SMILES string of the molecule is CC(Nc1nnnn1C)c1cccc(Br)c1. The van der Waals surface area contributed by atoms with Gasteiger partial charge in [-0.2, -0.15) is 0 Å². The van der Waals surface area contributed by atoms with E-state index in [9.17, 15) is 0 Å². The van der Waals surface area contributed by atoms with Crippen LogP contribution in [0.3, 0.4) is 0 Å². The number of nitrogens with zero attached hydrogens (tertiary/aromatic N) is 4. The van der Waals surface area contributed by atoms with E-state index in [2.05, 4.69) is 55.8 Å². The van der Waals surface area contributed by atoms with Gasteiger partial charge in [0.1, 0.15) is 0 Å². The van der Waals surface area contributed by atoms with Crippen LogP contribution in [-0.2, 0) is 7.05 Å². The fraction of sp³-hybridized carbons (Fsp3) is 0.300. The maximum atomic E-state index is 3.88. The lowest BCUT2D eigenvalue weighted by Gasteiger charge is -2.13. The molecule has 0 aliphatic rings. The number of anilines is 1. The summed E-state index contributed by atoms with van der Waals surface area (Å²) in [6, 6.07) is 8.29. The fourth-order valence-electron chi connectivity index (χ4n) is 1.40. The molecule has 1 atom stereocenters. The third kappa shape index (κ3) is 2.38. The molecule has 1 unspecified atom stereocenters. The Morgan fingerprint density at radius 3 is 2.88 bits per heavy atom. The molecular weight excluding hydrogens is 270 g/mol. The van der Waals surface area contributed by atoms with Crippen LogP contribution in [0.25, 0.3) is 0 Å². The molecule has 6 heteroatoms. The molecule has 0 saturated heterocycles. The van der Waals surface area contributed by atoms with Crippen LogP contribution < -0.4 is 5.32 Å². The zero-order valence-electron chi connectivity index (χ0n) is 9.05. The van der Waals surface area contributed by atoms with E-state index < -0.39 is 0 Å². The third-order valence-corrected chi connectivity index (χ3v) is 2.81. The second kappa shape index (κ2) is 4.61. The summed E-state index contributed by atoms with van der Waals surface area (Å²) in [6.45, 7) is 2.07. The zero-order chi connectivity index (χ0) is 11.5. The van der Waals surface area contributed by atoms with Crippen molar-refractivity contribution in [3.05, 3.63) is 34.3 Å². The molecule has 2 aromatic rings. The Hall–Kier alpha value is -1.43. The molecule has 0 aliphatic carbocycles. The topological polar surface area (TPSA) is 55.6 Å². The number of hydrogen-bond acceptors (Lipinski definition) is 4. The molecule has 0 bridgehead atoms. The molecule has 0 radical (unpaired) electrons.